The molecule has 0 radical (unpaired) electrons. The molecule has 3 atom stereocenters. The van der Waals surface area contributed by atoms with E-state index in [2.05, 4.69) is 12.2 Å². The second-order valence-corrected chi connectivity index (χ2v) is 4.82. The second-order valence-electron chi connectivity index (χ2n) is 4.82. The van der Waals surface area contributed by atoms with Crippen LogP contribution in [0.5, 0.6) is 0 Å². The van der Waals surface area contributed by atoms with Crippen LogP contribution in [-0.4, -0.2) is 49.1 Å². The van der Waals surface area contributed by atoms with Crippen molar-refractivity contribution in [2.75, 3.05) is 20.2 Å². The Hall–Kier alpha value is -0.940. The molecule has 5 nitrogen and oxygen atoms in total. The first kappa shape index (κ1) is 12.5. The summed E-state index contributed by atoms with van der Waals surface area (Å²) in [5.74, 6) is 0.262. The van der Waals surface area contributed by atoms with Crippen molar-refractivity contribution in [3.8, 4) is 0 Å². The standard InChI is InChI=1S/C12H20N2O3/c1-3-10-8(4-5-17-10)7-13-9-6-11(15)14(2)12(9)16/h8-10,13H,3-7H2,1-2H3. The van der Waals surface area contributed by atoms with Gasteiger partial charge >= 0.3 is 0 Å². The van der Waals surface area contributed by atoms with E-state index in [1.165, 1.54) is 4.90 Å². The summed E-state index contributed by atoms with van der Waals surface area (Å²) in [6.45, 7) is 3.68. The van der Waals surface area contributed by atoms with Crippen LogP contribution in [0, 0.1) is 5.92 Å². The predicted molar refractivity (Wildman–Crippen MR) is 62.3 cm³/mol. The van der Waals surface area contributed by atoms with Gasteiger partial charge in [-0.05, 0) is 18.8 Å². The Morgan fingerprint density at radius 2 is 2.24 bits per heavy atom. The van der Waals surface area contributed by atoms with Gasteiger partial charge in [-0.1, -0.05) is 6.92 Å². The minimum Gasteiger partial charge on any atom is -0.378 e. The summed E-state index contributed by atoms with van der Waals surface area (Å²) in [5, 5.41) is 3.21. The maximum Gasteiger partial charge on any atom is 0.246 e. The largest absolute Gasteiger partial charge is 0.378 e. The predicted octanol–water partition coefficient (Wildman–Crippen LogP) is 0.148. The normalized spacial score (nSPS) is 33.8. The van der Waals surface area contributed by atoms with Crippen LogP contribution in [-0.2, 0) is 14.3 Å². The van der Waals surface area contributed by atoms with Crippen LogP contribution >= 0.6 is 0 Å². The van der Waals surface area contributed by atoms with E-state index in [0.29, 0.717) is 18.4 Å². The van der Waals surface area contributed by atoms with Gasteiger partial charge < -0.3 is 10.1 Å². The van der Waals surface area contributed by atoms with Crippen molar-refractivity contribution in [3.63, 3.8) is 0 Å². The van der Waals surface area contributed by atoms with Crippen LogP contribution in [0.3, 0.4) is 0 Å². The zero-order valence-electron chi connectivity index (χ0n) is 10.4. The van der Waals surface area contributed by atoms with E-state index in [9.17, 15) is 9.59 Å². The molecule has 1 N–H and O–H groups in total. The van der Waals surface area contributed by atoms with Gasteiger partial charge in [-0.25, -0.2) is 0 Å². The van der Waals surface area contributed by atoms with Crippen molar-refractivity contribution in [2.45, 2.75) is 38.3 Å². The van der Waals surface area contributed by atoms with E-state index in [-0.39, 0.29) is 17.9 Å². The summed E-state index contributed by atoms with van der Waals surface area (Å²) in [7, 11) is 1.54. The lowest BCUT2D eigenvalue weighted by Gasteiger charge is -2.19. The molecule has 5 heteroatoms. The van der Waals surface area contributed by atoms with Crippen molar-refractivity contribution < 1.29 is 14.3 Å². The van der Waals surface area contributed by atoms with Crippen LogP contribution in [0.15, 0.2) is 0 Å². The van der Waals surface area contributed by atoms with E-state index >= 15 is 0 Å². The maximum absolute atomic E-state index is 11.7. The lowest BCUT2D eigenvalue weighted by molar-refractivity contribution is -0.137. The second kappa shape index (κ2) is 5.14. The maximum atomic E-state index is 11.7. The number of nitrogens with zero attached hydrogens (tertiary/aromatic N) is 1. The van der Waals surface area contributed by atoms with Crippen LogP contribution in [0.2, 0.25) is 0 Å². The van der Waals surface area contributed by atoms with Crippen molar-refractivity contribution >= 4 is 11.8 Å². The molecule has 0 aromatic rings. The Morgan fingerprint density at radius 1 is 1.47 bits per heavy atom. The molecule has 96 valence electrons. The average Bonchev–Trinajstić information content (AvgIpc) is 2.87. The number of carbonyl (C=O) groups excluding carboxylic acids is 2. The molecule has 0 saturated carbocycles. The summed E-state index contributed by atoms with van der Waals surface area (Å²) in [6.07, 6.45) is 2.63. The highest BCUT2D eigenvalue weighted by Gasteiger charge is 2.36. The first-order valence-electron chi connectivity index (χ1n) is 6.28. The highest BCUT2D eigenvalue weighted by molar-refractivity contribution is 6.05. The number of likely N-dealkylation sites (tertiary alicyclic amines) is 1. The summed E-state index contributed by atoms with van der Waals surface area (Å²) in [4.78, 5) is 24.2. The lowest BCUT2D eigenvalue weighted by Crippen LogP contribution is -2.40. The van der Waals surface area contributed by atoms with Gasteiger partial charge in [-0.15, -0.1) is 0 Å². The van der Waals surface area contributed by atoms with Crippen molar-refractivity contribution in [1.29, 1.82) is 0 Å². The zero-order valence-corrected chi connectivity index (χ0v) is 10.4. The number of carbonyl (C=O) groups is 2. The summed E-state index contributed by atoms with van der Waals surface area (Å²) < 4.78 is 5.60. The molecule has 3 unspecified atom stereocenters. The molecule has 2 fully saturated rings. The molecule has 2 heterocycles. The number of imide groups is 1. The van der Waals surface area contributed by atoms with Crippen molar-refractivity contribution in [3.05, 3.63) is 0 Å². The van der Waals surface area contributed by atoms with Gasteiger partial charge in [0.25, 0.3) is 0 Å². The molecule has 17 heavy (non-hydrogen) atoms. The fraction of sp³-hybridized carbons (Fsp3) is 0.833. The van der Waals surface area contributed by atoms with Crippen molar-refractivity contribution in [1.82, 2.24) is 10.2 Å². The fourth-order valence-electron chi connectivity index (χ4n) is 2.59. The molecule has 0 spiro atoms. The molecular formula is C12H20N2O3. The quantitative estimate of drug-likeness (QED) is 0.711. The SMILES string of the molecule is CCC1OCCC1CNC1CC(=O)N(C)C1=O. The van der Waals surface area contributed by atoms with Crippen LogP contribution in [0.25, 0.3) is 0 Å². The first-order valence-corrected chi connectivity index (χ1v) is 6.28. The van der Waals surface area contributed by atoms with E-state index in [1.54, 1.807) is 7.05 Å². The molecule has 0 aromatic carbocycles. The molecule has 0 aromatic heterocycles. The Balaban J connectivity index is 1.83. The number of hydrogen-bond acceptors (Lipinski definition) is 4. The fourth-order valence-corrected chi connectivity index (χ4v) is 2.59. The number of rotatable bonds is 4. The van der Waals surface area contributed by atoms with Gasteiger partial charge in [0, 0.05) is 20.2 Å². The Kier molecular flexibility index (Phi) is 3.79. The molecule has 0 aliphatic carbocycles. The van der Waals surface area contributed by atoms with E-state index < -0.39 is 0 Å². The van der Waals surface area contributed by atoms with E-state index in [4.69, 9.17) is 4.74 Å². The van der Waals surface area contributed by atoms with Gasteiger partial charge in [0.15, 0.2) is 0 Å². The van der Waals surface area contributed by atoms with Gasteiger partial charge in [0.1, 0.15) is 0 Å². The van der Waals surface area contributed by atoms with Gasteiger partial charge in [0.05, 0.1) is 18.6 Å². The lowest BCUT2D eigenvalue weighted by atomic mass is 9.99. The van der Waals surface area contributed by atoms with Crippen molar-refractivity contribution in [2.24, 2.45) is 5.92 Å². The highest BCUT2D eigenvalue weighted by atomic mass is 16.5. The summed E-state index contributed by atoms with van der Waals surface area (Å²) >= 11 is 0. The molecule has 2 rings (SSSR count). The first-order chi connectivity index (χ1) is 8.13. The third-order valence-corrected chi connectivity index (χ3v) is 3.76. The highest BCUT2D eigenvalue weighted by Crippen LogP contribution is 2.23. The molecule has 2 aliphatic rings. The summed E-state index contributed by atoms with van der Waals surface area (Å²) in [5.41, 5.74) is 0. The number of amides is 2. The third-order valence-electron chi connectivity index (χ3n) is 3.76. The van der Waals surface area contributed by atoms with E-state index in [0.717, 1.165) is 26.0 Å². The third kappa shape index (κ3) is 2.50. The van der Waals surface area contributed by atoms with Gasteiger partial charge in [-0.3, -0.25) is 14.5 Å². The number of nitrogens with one attached hydrogen (secondary N) is 1. The van der Waals surface area contributed by atoms with Gasteiger partial charge in [0.2, 0.25) is 11.8 Å². The molecule has 0 bridgehead atoms. The topological polar surface area (TPSA) is 58.6 Å². The summed E-state index contributed by atoms with van der Waals surface area (Å²) in [6, 6.07) is -0.328. The number of hydrogen-bond donors (Lipinski definition) is 1. The monoisotopic (exact) mass is 240 g/mol. The Labute approximate surface area is 101 Å². The number of ether oxygens (including phenoxy) is 1. The molecule has 2 saturated heterocycles. The molecular weight excluding hydrogens is 220 g/mol. The van der Waals surface area contributed by atoms with Crippen LogP contribution in [0.4, 0.5) is 0 Å². The Morgan fingerprint density at radius 3 is 2.82 bits per heavy atom. The Bertz CT molecular complexity index is 319. The van der Waals surface area contributed by atoms with Crippen LogP contribution < -0.4 is 5.32 Å². The van der Waals surface area contributed by atoms with E-state index in [1.807, 2.05) is 0 Å². The minimum absolute atomic E-state index is 0.0952. The average molecular weight is 240 g/mol. The molecule has 2 aliphatic heterocycles. The smallest absolute Gasteiger partial charge is 0.246 e. The molecule has 2 amide bonds. The van der Waals surface area contributed by atoms with Crippen LogP contribution in [0.1, 0.15) is 26.2 Å². The van der Waals surface area contributed by atoms with Gasteiger partial charge in [-0.2, -0.15) is 0 Å². The number of likely N-dealkylation sites (N-methyl/N-ethyl adjacent to an activating group) is 1. The zero-order chi connectivity index (χ0) is 12.4. The minimum atomic E-state index is -0.328.